The lowest BCUT2D eigenvalue weighted by Gasteiger charge is -2.10. The van der Waals surface area contributed by atoms with Crippen LogP contribution in [0.15, 0.2) is 36.4 Å². The van der Waals surface area contributed by atoms with Crippen LogP contribution in [0, 0.1) is 19.7 Å². The van der Waals surface area contributed by atoms with Crippen LogP contribution < -0.4 is 4.74 Å². The number of aryl methyl sites for hydroxylation is 2. The molecule has 0 aliphatic carbocycles. The van der Waals surface area contributed by atoms with E-state index in [1.165, 1.54) is 0 Å². The van der Waals surface area contributed by atoms with Gasteiger partial charge in [0.1, 0.15) is 11.6 Å². The van der Waals surface area contributed by atoms with Crippen LogP contribution in [0.4, 0.5) is 17.6 Å². The highest BCUT2D eigenvalue weighted by atomic mass is 19.4. The molecule has 0 bridgehead atoms. The minimum Gasteiger partial charge on any atom is -0.423 e. The van der Waals surface area contributed by atoms with Crippen LogP contribution in [0.25, 0.3) is 0 Å². The van der Waals surface area contributed by atoms with Crippen molar-refractivity contribution in [2.45, 2.75) is 20.0 Å². The van der Waals surface area contributed by atoms with E-state index in [0.29, 0.717) is 12.1 Å². The topological polar surface area (TPSA) is 26.3 Å². The van der Waals surface area contributed by atoms with Crippen molar-refractivity contribution in [2.24, 2.45) is 0 Å². The Morgan fingerprint density at radius 3 is 2.09 bits per heavy atom. The average Bonchev–Trinajstić information content (AvgIpc) is 2.35. The molecular formula is C16H12F4O2. The fourth-order valence-corrected chi connectivity index (χ4v) is 2.03. The Labute approximate surface area is 124 Å². The van der Waals surface area contributed by atoms with Gasteiger partial charge in [-0.3, -0.25) is 0 Å². The summed E-state index contributed by atoms with van der Waals surface area (Å²) in [6, 6.07) is 7.00. The highest BCUT2D eigenvalue weighted by Crippen LogP contribution is 2.31. The summed E-state index contributed by atoms with van der Waals surface area (Å²) in [6.45, 7) is 3.62. The van der Waals surface area contributed by atoms with Gasteiger partial charge in [-0.2, -0.15) is 13.2 Å². The maximum atomic E-state index is 13.4. The van der Waals surface area contributed by atoms with E-state index in [-0.39, 0.29) is 11.3 Å². The molecule has 0 fully saturated rings. The van der Waals surface area contributed by atoms with Crippen LogP contribution in [0.2, 0.25) is 0 Å². The maximum Gasteiger partial charge on any atom is 0.419 e. The SMILES string of the molecule is Cc1cc(C)cc(OC(=O)c2ccc(C(F)(F)F)c(F)c2)c1. The van der Waals surface area contributed by atoms with Gasteiger partial charge in [-0.05, 0) is 55.3 Å². The first-order valence-corrected chi connectivity index (χ1v) is 6.34. The van der Waals surface area contributed by atoms with Gasteiger partial charge in [-0.25, -0.2) is 9.18 Å². The summed E-state index contributed by atoms with van der Waals surface area (Å²) >= 11 is 0. The lowest BCUT2D eigenvalue weighted by Crippen LogP contribution is -2.12. The molecule has 0 heterocycles. The van der Waals surface area contributed by atoms with E-state index in [4.69, 9.17) is 4.74 Å². The predicted octanol–water partition coefficient (Wildman–Crippen LogP) is 4.68. The number of carbonyl (C=O) groups is 1. The van der Waals surface area contributed by atoms with Crippen molar-refractivity contribution in [3.8, 4) is 5.75 Å². The summed E-state index contributed by atoms with van der Waals surface area (Å²) in [5, 5.41) is 0. The second-order valence-corrected chi connectivity index (χ2v) is 4.91. The molecule has 116 valence electrons. The number of rotatable bonds is 2. The van der Waals surface area contributed by atoms with Crippen molar-refractivity contribution in [3.05, 3.63) is 64.5 Å². The summed E-state index contributed by atoms with van der Waals surface area (Å²) in [5.41, 5.74) is 0.0166. The number of benzene rings is 2. The average molecular weight is 312 g/mol. The minimum atomic E-state index is -4.81. The smallest absolute Gasteiger partial charge is 0.419 e. The van der Waals surface area contributed by atoms with E-state index >= 15 is 0 Å². The second kappa shape index (κ2) is 5.79. The van der Waals surface area contributed by atoms with E-state index in [9.17, 15) is 22.4 Å². The molecule has 0 atom stereocenters. The van der Waals surface area contributed by atoms with E-state index in [1.807, 2.05) is 19.9 Å². The van der Waals surface area contributed by atoms with Gasteiger partial charge < -0.3 is 4.74 Å². The first-order chi connectivity index (χ1) is 10.2. The van der Waals surface area contributed by atoms with Gasteiger partial charge >= 0.3 is 12.1 Å². The van der Waals surface area contributed by atoms with Crippen molar-refractivity contribution < 1.29 is 27.1 Å². The molecule has 22 heavy (non-hydrogen) atoms. The van der Waals surface area contributed by atoms with Gasteiger partial charge in [-0.15, -0.1) is 0 Å². The van der Waals surface area contributed by atoms with E-state index in [0.717, 1.165) is 17.2 Å². The Morgan fingerprint density at radius 2 is 1.59 bits per heavy atom. The number of ether oxygens (including phenoxy) is 1. The normalized spacial score (nSPS) is 11.4. The van der Waals surface area contributed by atoms with Crippen LogP contribution >= 0.6 is 0 Å². The third-order valence-corrected chi connectivity index (χ3v) is 2.92. The van der Waals surface area contributed by atoms with Crippen molar-refractivity contribution in [3.63, 3.8) is 0 Å². The third-order valence-electron chi connectivity index (χ3n) is 2.92. The molecule has 0 aliphatic heterocycles. The van der Waals surface area contributed by atoms with Crippen molar-refractivity contribution in [1.29, 1.82) is 0 Å². The largest absolute Gasteiger partial charge is 0.423 e. The van der Waals surface area contributed by atoms with E-state index in [1.54, 1.807) is 12.1 Å². The van der Waals surface area contributed by atoms with Gasteiger partial charge in [0.2, 0.25) is 0 Å². The van der Waals surface area contributed by atoms with Crippen molar-refractivity contribution in [1.82, 2.24) is 0 Å². The Balaban J connectivity index is 2.25. The van der Waals surface area contributed by atoms with Crippen LogP contribution in [0.3, 0.4) is 0 Å². The summed E-state index contributed by atoms with van der Waals surface area (Å²) < 4.78 is 55.9. The lowest BCUT2D eigenvalue weighted by molar-refractivity contribution is -0.140. The second-order valence-electron chi connectivity index (χ2n) is 4.91. The summed E-state index contributed by atoms with van der Waals surface area (Å²) in [6.07, 6.45) is -4.81. The van der Waals surface area contributed by atoms with Crippen LogP contribution in [-0.4, -0.2) is 5.97 Å². The quantitative estimate of drug-likeness (QED) is 0.457. The molecule has 2 rings (SSSR count). The van der Waals surface area contributed by atoms with Gasteiger partial charge in [-0.1, -0.05) is 6.07 Å². The molecule has 0 saturated carbocycles. The first kappa shape index (κ1) is 16.0. The molecule has 0 spiro atoms. The van der Waals surface area contributed by atoms with Gasteiger partial charge in [0.15, 0.2) is 0 Å². The molecule has 2 nitrogen and oxygen atoms in total. The Kier molecular flexibility index (Phi) is 4.21. The molecule has 0 amide bonds. The summed E-state index contributed by atoms with van der Waals surface area (Å²) in [5.74, 6) is -2.18. The zero-order valence-electron chi connectivity index (χ0n) is 11.8. The number of halogens is 4. The van der Waals surface area contributed by atoms with Crippen LogP contribution in [0.5, 0.6) is 5.75 Å². The Hall–Kier alpha value is -2.37. The number of hydrogen-bond donors (Lipinski definition) is 0. The molecule has 2 aromatic carbocycles. The van der Waals surface area contributed by atoms with Gasteiger partial charge in [0.25, 0.3) is 0 Å². The Bertz CT molecular complexity index is 700. The fourth-order valence-electron chi connectivity index (χ4n) is 2.03. The van der Waals surface area contributed by atoms with E-state index < -0.39 is 23.5 Å². The zero-order valence-corrected chi connectivity index (χ0v) is 11.8. The molecule has 0 unspecified atom stereocenters. The number of alkyl halides is 3. The minimum absolute atomic E-state index is 0.253. The van der Waals surface area contributed by atoms with Gasteiger partial charge in [0.05, 0.1) is 11.1 Å². The third kappa shape index (κ3) is 3.63. The monoisotopic (exact) mass is 312 g/mol. The van der Waals surface area contributed by atoms with E-state index in [2.05, 4.69) is 0 Å². The maximum absolute atomic E-state index is 13.4. The predicted molar refractivity (Wildman–Crippen MR) is 72.3 cm³/mol. The number of hydrogen-bond acceptors (Lipinski definition) is 2. The highest BCUT2D eigenvalue weighted by molar-refractivity contribution is 5.91. The van der Waals surface area contributed by atoms with Gasteiger partial charge in [0, 0.05) is 0 Å². The molecule has 0 aliphatic rings. The lowest BCUT2D eigenvalue weighted by atomic mass is 10.1. The molecule has 0 aromatic heterocycles. The zero-order chi connectivity index (χ0) is 16.5. The Morgan fingerprint density at radius 1 is 1.00 bits per heavy atom. The highest BCUT2D eigenvalue weighted by Gasteiger charge is 2.34. The molecule has 2 aromatic rings. The van der Waals surface area contributed by atoms with Crippen LogP contribution in [-0.2, 0) is 6.18 Å². The fraction of sp³-hybridized carbons (Fsp3) is 0.188. The number of carbonyl (C=O) groups excluding carboxylic acids is 1. The summed E-state index contributed by atoms with van der Waals surface area (Å²) in [7, 11) is 0. The first-order valence-electron chi connectivity index (χ1n) is 6.34. The van der Waals surface area contributed by atoms with Crippen molar-refractivity contribution >= 4 is 5.97 Å². The standard InChI is InChI=1S/C16H12F4O2/c1-9-5-10(2)7-12(6-9)22-15(21)11-3-4-13(14(17)8-11)16(18,19)20/h3-8H,1-2H3. The molecule has 0 radical (unpaired) electrons. The summed E-state index contributed by atoms with van der Waals surface area (Å²) in [4.78, 5) is 11.9. The molecule has 0 saturated heterocycles. The van der Waals surface area contributed by atoms with Crippen LogP contribution in [0.1, 0.15) is 27.0 Å². The molecule has 0 N–H and O–H groups in total. The molecular weight excluding hydrogens is 300 g/mol. The molecule has 6 heteroatoms. The van der Waals surface area contributed by atoms with Crippen molar-refractivity contribution in [2.75, 3.05) is 0 Å². The number of esters is 1.